The van der Waals surface area contributed by atoms with Gasteiger partial charge in [-0.1, -0.05) is 5.16 Å². The normalized spacial score (nSPS) is 14.2. The summed E-state index contributed by atoms with van der Waals surface area (Å²) in [6, 6.07) is 8.63. The molecular formula is C20H20FN5O3. The average molecular weight is 397 g/mol. The number of hydrogen-bond acceptors (Lipinski definition) is 7. The molecule has 2 aromatic heterocycles. The van der Waals surface area contributed by atoms with Crippen molar-refractivity contribution in [1.29, 1.82) is 0 Å². The third-order valence-corrected chi connectivity index (χ3v) is 4.85. The van der Waals surface area contributed by atoms with Crippen molar-refractivity contribution in [3.63, 3.8) is 0 Å². The maximum atomic E-state index is 15.1. The van der Waals surface area contributed by atoms with Crippen LogP contribution in [0.2, 0.25) is 0 Å². The van der Waals surface area contributed by atoms with E-state index in [1.54, 1.807) is 49.3 Å². The predicted molar refractivity (Wildman–Crippen MR) is 103 cm³/mol. The van der Waals surface area contributed by atoms with Gasteiger partial charge >= 0.3 is 0 Å². The van der Waals surface area contributed by atoms with E-state index in [-0.39, 0.29) is 23.1 Å². The third-order valence-electron chi connectivity index (χ3n) is 4.85. The van der Waals surface area contributed by atoms with Gasteiger partial charge in [-0.05, 0) is 31.2 Å². The number of carbonyl (C=O) groups is 1. The van der Waals surface area contributed by atoms with E-state index in [1.807, 2.05) is 4.90 Å². The van der Waals surface area contributed by atoms with Crippen LogP contribution in [0.15, 0.2) is 41.2 Å². The molecule has 150 valence electrons. The quantitative estimate of drug-likeness (QED) is 0.669. The van der Waals surface area contributed by atoms with Crippen LogP contribution < -0.4 is 9.64 Å². The number of amides is 1. The van der Waals surface area contributed by atoms with E-state index in [4.69, 9.17) is 9.26 Å². The molecule has 1 fully saturated rings. The largest absolute Gasteiger partial charge is 0.497 e. The van der Waals surface area contributed by atoms with Crippen molar-refractivity contribution >= 4 is 11.7 Å². The van der Waals surface area contributed by atoms with Crippen LogP contribution in [-0.2, 0) is 0 Å². The van der Waals surface area contributed by atoms with Gasteiger partial charge in [-0.25, -0.2) is 14.4 Å². The first-order chi connectivity index (χ1) is 14.1. The number of halogens is 1. The van der Waals surface area contributed by atoms with Gasteiger partial charge in [-0.2, -0.15) is 0 Å². The van der Waals surface area contributed by atoms with Crippen LogP contribution in [0.5, 0.6) is 5.75 Å². The van der Waals surface area contributed by atoms with Crippen molar-refractivity contribution in [2.75, 3.05) is 38.2 Å². The minimum Gasteiger partial charge on any atom is -0.497 e. The Labute approximate surface area is 166 Å². The molecule has 1 saturated heterocycles. The maximum Gasteiger partial charge on any atom is 0.276 e. The number of methoxy groups -OCH3 is 1. The van der Waals surface area contributed by atoms with E-state index in [0.29, 0.717) is 43.3 Å². The highest BCUT2D eigenvalue weighted by atomic mass is 19.1. The summed E-state index contributed by atoms with van der Waals surface area (Å²) in [4.78, 5) is 24.2. The standard InChI is InChI=1S/C20H20FN5O3/c1-13-11-16(24-29-13)20(27)26-9-7-25(8-10-26)19-17(21)18(22-12-23-19)14-3-5-15(28-2)6-4-14/h3-6,11-12H,7-10H2,1-2H3. The summed E-state index contributed by atoms with van der Waals surface area (Å²) in [7, 11) is 1.58. The lowest BCUT2D eigenvalue weighted by Crippen LogP contribution is -2.49. The minimum absolute atomic E-state index is 0.191. The lowest BCUT2D eigenvalue weighted by molar-refractivity contribution is 0.0736. The molecule has 0 bridgehead atoms. The summed E-state index contributed by atoms with van der Waals surface area (Å²) >= 11 is 0. The Morgan fingerprint density at radius 3 is 2.48 bits per heavy atom. The molecule has 1 aliphatic heterocycles. The van der Waals surface area contributed by atoms with Gasteiger partial charge in [-0.3, -0.25) is 4.79 Å². The van der Waals surface area contributed by atoms with E-state index >= 15 is 4.39 Å². The van der Waals surface area contributed by atoms with E-state index in [1.165, 1.54) is 6.33 Å². The second-order valence-corrected chi connectivity index (χ2v) is 6.69. The Hall–Kier alpha value is -3.49. The van der Waals surface area contributed by atoms with Crippen LogP contribution in [-0.4, -0.2) is 59.2 Å². The zero-order valence-electron chi connectivity index (χ0n) is 16.1. The summed E-state index contributed by atoms with van der Waals surface area (Å²) in [5.74, 6) is 0.830. The number of carbonyl (C=O) groups excluding carboxylic acids is 1. The van der Waals surface area contributed by atoms with Crippen molar-refractivity contribution < 1.29 is 18.4 Å². The van der Waals surface area contributed by atoms with Gasteiger partial charge < -0.3 is 19.1 Å². The number of aryl methyl sites for hydroxylation is 1. The molecule has 0 saturated carbocycles. The number of ether oxygens (including phenoxy) is 1. The molecule has 3 heterocycles. The summed E-state index contributed by atoms with van der Waals surface area (Å²) in [5.41, 5.74) is 1.15. The maximum absolute atomic E-state index is 15.1. The lowest BCUT2D eigenvalue weighted by Gasteiger charge is -2.35. The number of nitrogens with zero attached hydrogens (tertiary/aromatic N) is 5. The molecule has 3 aromatic rings. The van der Waals surface area contributed by atoms with Crippen LogP contribution in [0.3, 0.4) is 0 Å². The monoisotopic (exact) mass is 397 g/mol. The number of benzene rings is 1. The molecule has 9 heteroatoms. The summed E-state index contributed by atoms with van der Waals surface area (Å²) in [5, 5.41) is 3.77. The fourth-order valence-electron chi connectivity index (χ4n) is 3.28. The predicted octanol–water partition coefficient (Wildman–Crippen LogP) is 2.55. The first-order valence-electron chi connectivity index (χ1n) is 9.19. The van der Waals surface area contributed by atoms with Crippen molar-refractivity contribution in [1.82, 2.24) is 20.0 Å². The van der Waals surface area contributed by atoms with Crippen LogP contribution in [0, 0.1) is 12.7 Å². The van der Waals surface area contributed by atoms with Gasteiger partial charge in [0.25, 0.3) is 5.91 Å². The number of aromatic nitrogens is 3. The molecule has 0 spiro atoms. The highest BCUT2D eigenvalue weighted by Gasteiger charge is 2.27. The zero-order chi connectivity index (χ0) is 20.4. The molecule has 4 rings (SSSR count). The number of anilines is 1. The molecule has 29 heavy (non-hydrogen) atoms. The number of rotatable bonds is 4. The first-order valence-corrected chi connectivity index (χ1v) is 9.19. The summed E-state index contributed by atoms with van der Waals surface area (Å²) < 4.78 is 25.3. The van der Waals surface area contributed by atoms with Crippen molar-refractivity contribution in [2.45, 2.75) is 6.92 Å². The summed E-state index contributed by atoms with van der Waals surface area (Å²) in [6.45, 7) is 3.52. The first kappa shape index (κ1) is 18.9. The number of hydrogen-bond donors (Lipinski definition) is 0. The van der Waals surface area contributed by atoms with E-state index in [0.717, 1.165) is 0 Å². The van der Waals surface area contributed by atoms with E-state index < -0.39 is 5.82 Å². The minimum atomic E-state index is -0.482. The highest BCUT2D eigenvalue weighted by Crippen LogP contribution is 2.28. The van der Waals surface area contributed by atoms with Crippen LogP contribution in [0.25, 0.3) is 11.3 Å². The summed E-state index contributed by atoms with van der Waals surface area (Å²) in [6.07, 6.45) is 1.35. The molecule has 1 aromatic carbocycles. The van der Waals surface area contributed by atoms with Gasteiger partial charge in [0.15, 0.2) is 17.3 Å². The molecular weight excluding hydrogens is 377 g/mol. The fourth-order valence-corrected chi connectivity index (χ4v) is 3.28. The van der Waals surface area contributed by atoms with Gasteiger partial charge in [0.05, 0.1) is 7.11 Å². The topological polar surface area (TPSA) is 84.6 Å². The average Bonchev–Trinajstić information content (AvgIpc) is 3.20. The molecule has 0 unspecified atom stereocenters. The van der Waals surface area contributed by atoms with E-state index in [2.05, 4.69) is 15.1 Å². The Kier molecular flexibility index (Phi) is 5.11. The number of piperazine rings is 1. The third kappa shape index (κ3) is 3.75. The van der Waals surface area contributed by atoms with Gasteiger partial charge in [0.1, 0.15) is 23.5 Å². The lowest BCUT2D eigenvalue weighted by atomic mass is 10.1. The molecule has 0 atom stereocenters. The Balaban J connectivity index is 1.49. The Morgan fingerprint density at radius 2 is 1.86 bits per heavy atom. The van der Waals surface area contributed by atoms with Crippen LogP contribution in [0.4, 0.5) is 10.2 Å². The molecule has 8 nitrogen and oxygen atoms in total. The second kappa shape index (κ2) is 7.86. The fraction of sp³-hybridized carbons (Fsp3) is 0.300. The van der Waals surface area contributed by atoms with Crippen molar-refractivity contribution in [3.05, 3.63) is 53.9 Å². The van der Waals surface area contributed by atoms with Gasteiger partial charge in [0, 0.05) is 37.8 Å². The molecule has 0 N–H and O–H groups in total. The Morgan fingerprint density at radius 1 is 1.14 bits per heavy atom. The highest BCUT2D eigenvalue weighted by molar-refractivity contribution is 5.92. The smallest absolute Gasteiger partial charge is 0.276 e. The zero-order valence-corrected chi connectivity index (χ0v) is 16.1. The van der Waals surface area contributed by atoms with Crippen LogP contribution in [0.1, 0.15) is 16.2 Å². The van der Waals surface area contributed by atoms with Gasteiger partial charge in [0.2, 0.25) is 0 Å². The molecule has 0 radical (unpaired) electrons. The van der Waals surface area contributed by atoms with Crippen molar-refractivity contribution in [3.8, 4) is 17.0 Å². The van der Waals surface area contributed by atoms with Crippen molar-refractivity contribution in [2.24, 2.45) is 0 Å². The molecule has 1 aliphatic rings. The SMILES string of the molecule is COc1ccc(-c2ncnc(N3CCN(C(=O)c4cc(C)on4)CC3)c2F)cc1. The van der Waals surface area contributed by atoms with Crippen LogP contribution >= 0.6 is 0 Å². The van der Waals surface area contributed by atoms with Gasteiger partial charge in [-0.15, -0.1) is 0 Å². The Bertz CT molecular complexity index is 1010. The van der Waals surface area contributed by atoms with E-state index in [9.17, 15) is 4.79 Å². The second-order valence-electron chi connectivity index (χ2n) is 6.69. The molecule has 0 aliphatic carbocycles. The molecule has 1 amide bonds.